The van der Waals surface area contributed by atoms with Crippen LogP contribution in [0.2, 0.25) is 0 Å². The molecule has 1 aromatic rings. The third kappa shape index (κ3) is 2.85. The number of hydrogen-bond acceptors (Lipinski definition) is 5. The van der Waals surface area contributed by atoms with E-state index in [1.165, 1.54) is 13.2 Å². The summed E-state index contributed by atoms with van der Waals surface area (Å²) < 4.78 is 14.7. The van der Waals surface area contributed by atoms with Crippen molar-refractivity contribution in [2.75, 3.05) is 13.7 Å². The lowest BCUT2D eigenvalue weighted by Gasteiger charge is -2.09. The van der Waals surface area contributed by atoms with Crippen molar-refractivity contribution < 1.29 is 18.7 Å². The Labute approximate surface area is 93.0 Å². The van der Waals surface area contributed by atoms with E-state index < -0.39 is 5.63 Å². The Morgan fingerprint density at radius 2 is 2.19 bits per heavy atom. The van der Waals surface area contributed by atoms with Crippen molar-refractivity contribution >= 4 is 5.97 Å². The molecule has 0 aromatic carbocycles. The van der Waals surface area contributed by atoms with Gasteiger partial charge in [-0.15, -0.1) is 0 Å². The van der Waals surface area contributed by atoms with Crippen molar-refractivity contribution in [1.82, 2.24) is 0 Å². The van der Waals surface area contributed by atoms with E-state index in [0.717, 1.165) is 0 Å². The zero-order valence-electron chi connectivity index (χ0n) is 9.53. The number of ether oxygens (including phenoxy) is 2. The number of rotatable bonds is 4. The van der Waals surface area contributed by atoms with E-state index in [1.807, 2.05) is 0 Å². The van der Waals surface area contributed by atoms with Gasteiger partial charge in [0.25, 0.3) is 0 Å². The van der Waals surface area contributed by atoms with Crippen LogP contribution in [-0.2, 0) is 16.0 Å². The second-order valence-corrected chi connectivity index (χ2v) is 3.15. The first-order valence-corrected chi connectivity index (χ1v) is 4.91. The fraction of sp³-hybridized carbons (Fsp3) is 0.455. The molecule has 0 amide bonds. The predicted molar refractivity (Wildman–Crippen MR) is 56.6 cm³/mol. The minimum atomic E-state index is -0.498. The molecule has 0 aliphatic carbocycles. The molecule has 0 bridgehead atoms. The SMILES string of the molecule is CCOC(=O)Cc1c(OC)cc(=O)oc1C. The van der Waals surface area contributed by atoms with Gasteiger partial charge in [-0.1, -0.05) is 0 Å². The van der Waals surface area contributed by atoms with E-state index in [0.29, 0.717) is 23.7 Å². The first-order valence-electron chi connectivity index (χ1n) is 4.91. The molecule has 0 radical (unpaired) electrons. The average Bonchev–Trinajstić information content (AvgIpc) is 2.22. The average molecular weight is 226 g/mol. The summed E-state index contributed by atoms with van der Waals surface area (Å²) in [6.45, 7) is 3.66. The number of aryl methyl sites for hydroxylation is 1. The van der Waals surface area contributed by atoms with Crippen molar-refractivity contribution in [3.8, 4) is 5.75 Å². The van der Waals surface area contributed by atoms with Crippen LogP contribution in [0.3, 0.4) is 0 Å². The summed E-state index contributed by atoms with van der Waals surface area (Å²) >= 11 is 0. The highest BCUT2D eigenvalue weighted by Gasteiger charge is 2.14. The Bertz CT molecular complexity index is 432. The Morgan fingerprint density at radius 1 is 1.50 bits per heavy atom. The maximum absolute atomic E-state index is 11.3. The van der Waals surface area contributed by atoms with Crippen molar-refractivity contribution in [3.05, 3.63) is 27.8 Å². The number of carbonyl (C=O) groups excluding carboxylic acids is 1. The van der Waals surface area contributed by atoms with E-state index in [-0.39, 0.29) is 12.4 Å². The van der Waals surface area contributed by atoms with Crippen molar-refractivity contribution in [2.24, 2.45) is 0 Å². The van der Waals surface area contributed by atoms with E-state index in [1.54, 1.807) is 13.8 Å². The summed E-state index contributed by atoms with van der Waals surface area (Å²) in [5, 5.41) is 0. The number of hydrogen-bond donors (Lipinski definition) is 0. The molecular formula is C11H14O5. The molecule has 0 spiro atoms. The van der Waals surface area contributed by atoms with Gasteiger partial charge in [0, 0.05) is 5.56 Å². The van der Waals surface area contributed by atoms with Gasteiger partial charge in [-0.25, -0.2) is 4.79 Å². The molecule has 0 aliphatic rings. The Hall–Kier alpha value is -1.78. The third-order valence-electron chi connectivity index (χ3n) is 2.07. The van der Waals surface area contributed by atoms with E-state index in [9.17, 15) is 9.59 Å². The molecule has 16 heavy (non-hydrogen) atoms. The van der Waals surface area contributed by atoms with Gasteiger partial charge >= 0.3 is 11.6 Å². The van der Waals surface area contributed by atoms with Crippen LogP contribution in [0.4, 0.5) is 0 Å². The van der Waals surface area contributed by atoms with Gasteiger partial charge in [-0.2, -0.15) is 0 Å². The smallest absolute Gasteiger partial charge is 0.339 e. The molecule has 1 rings (SSSR count). The summed E-state index contributed by atoms with van der Waals surface area (Å²) in [6.07, 6.45) is 0.0344. The molecule has 0 saturated carbocycles. The topological polar surface area (TPSA) is 65.7 Å². The highest BCUT2D eigenvalue weighted by atomic mass is 16.5. The van der Waals surface area contributed by atoms with Gasteiger partial charge < -0.3 is 13.9 Å². The highest BCUT2D eigenvalue weighted by Crippen LogP contribution is 2.20. The van der Waals surface area contributed by atoms with Gasteiger partial charge in [0.1, 0.15) is 11.5 Å². The maximum atomic E-state index is 11.3. The lowest BCUT2D eigenvalue weighted by atomic mass is 10.1. The van der Waals surface area contributed by atoms with Crippen molar-refractivity contribution in [2.45, 2.75) is 20.3 Å². The number of esters is 1. The Balaban J connectivity index is 3.02. The molecule has 1 aromatic heterocycles. The summed E-state index contributed by atoms with van der Waals surface area (Å²) in [5.74, 6) is 0.344. The standard InChI is InChI=1S/C11H14O5/c1-4-15-10(12)5-8-7(2)16-11(13)6-9(8)14-3/h6H,4-5H2,1-3H3. The first kappa shape index (κ1) is 12.3. The summed E-state index contributed by atoms with van der Waals surface area (Å²) in [4.78, 5) is 22.4. The van der Waals surface area contributed by atoms with Crippen LogP contribution in [0.15, 0.2) is 15.3 Å². The molecule has 0 aliphatic heterocycles. The minimum absolute atomic E-state index is 0.0344. The molecular weight excluding hydrogens is 212 g/mol. The molecule has 0 N–H and O–H groups in total. The molecule has 0 unspecified atom stereocenters. The second kappa shape index (κ2) is 5.34. The molecule has 88 valence electrons. The van der Waals surface area contributed by atoms with Gasteiger partial charge in [-0.3, -0.25) is 4.79 Å². The molecule has 5 heteroatoms. The Morgan fingerprint density at radius 3 is 2.75 bits per heavy atom. The summed E-state index contributed by atoms with van der Waals surface area (Å²) in [5.41, 5.74) is 0.0440. The summed E-state index contributed by atoms with van der Waals surface area (Å²) in [7, 11) is 1.43. The third-order valence-corrected chi connectivity index (χ3v) is 2.07. The van der Waals surface area contributed by atoms with Crippen molar-refractivity contribution in [1.29, 1.82) is 0 Å². The van der Waals surface area contributed by atoms with Crippen LogP contribution in [0.5, 0.6) is 5.75 Å². The van der Waals surface area contributed by atoms with Gasteiger partial charge in [-0.05, 0) is 13.8 Å². The van der Waals surface area contributed by atoms with Crippen LogP contribution >= 0.6 is 0 Å². The molecule has 0 atom stereocenters. The number of carbonyl (C=O) groups is 1. The van der Waals surface area contributed by atoms with Crippen LogP contribution in [-0.4, -0.2) is 19.7 Å². The van der Waals surface area contributed by atoms with E-state index in [2.05, 4.69) is 0 Å². The van der Waals surface area contributed by atoms with Crippen LogP contribution < -0.4 is 10.4 Å². The predicted octanol–water partition coefficient (Wildman–Crippen LogP) is 1.06. The van der Waals surface area contributed by atoms with Crippen LogP contribution in [0.25, 0.3) is 0 Å². The Kier molecular flexibility index (Phi) is 4.10. The second-order valence-electron chi connectivity index (χ2n) is 3.15. The number of methoxy groups -OCH3 is 1. The minimum Gasteiger partial charge on any atom is -0.496 e. The molecule has 1 heterocycles. The molecule has 0 fully saturated rings. The van der Waals surface area contributed by atoms with Crippen LogP contribution in [0, 0.1) is 6.92 Å². The van der Waals surface area contributed by atoms with Gasteiger partial charge in [0.05, 0.1) is 26.2 Å². The van der Waals surface area contributed by atoms with Gasteiger partial charge in [0.2, 0.25) is 0 Å². The van der Waals surface area contributed by atoms with Gasteiger partial charge in [0.15, 0.2) is 0 Å². The zero-order chi connectivity index (χ0) is 12.1. The zero-order valence-corrected chi connectivity index (χ0v) is 9.53. The largest absolute Gasteiger partial charge is 0.496 e. The maximum Gasteiger partial charge on any atom is 0.339 e. The highest BCUT2D eigenvalue weighted by molar-refractivity contribution is 5.73. The molecule has 5 nitrogen and oxygen atoms in total. The van der Waals surface area contributed by atoms with E-state index >= 15 is 0 Å². The first-order chi connectivity index (χ1) is 7.58. The fourth-order valence-electron chi connectivity index (χ4n) is 1.36. The lowest BCUT2D eigenvalue weighted by molar-refractivity contribution is -0.142. The van der Waals surface area contributed by atoms with Crippen molar-refractivity contribution in [3.63, 3.8) is 0 Å². The normalized spacial score (nSPS) is 9.94. The van der Waals surface area contributed by atoms with Crippen LogP contribution in [0.1, 0.15) is 18.2 Å². The van der Waals surface area contributed by atoms with E-state index in [4.69, 9.17) is 13.9 Å². The quantitative estimate of drug-likeness (QED) is 0.718. The fourth-order valence-corrected chi connectivity index (χ4v) is 1.36. The molecule has 0 saturated heterocycles. The monoisotopic (exact) mass is 226 g/mol. The lowest BCUT2D eigenvalue weighted by Crippen LogP contribution is -2.12. The summed E-state index contributed by atoms with van der Waals surface area (Å²) in [6, 6.07) is 1.21.